The van der Waals surface area contributed by atoms with E-state index in [2.05, 4.69) is 15.4 Å². The van der Waals surface area contributed by atoms with E-state index in [-0.39, 0.29) is 29.7 Å². The molecule has 208 valence electrons. The average molecular weight is 582 g/mol. The van der Waals surface area contributed by atoms with Crippen molar-refractivity contribution < 1.29 is 9.50 Å². The lowest BCUT2D eigenvalue weighted by atomic mass is 10.1. The molecule has 0 unspecified atom stereocenters. The van der Waals surface area contributed by atoms with E-state index in [1.54, 1.807) is 47.3 Å². The molecule has 6 aromatic rings. The second kappa shape index (κ2) is 10.9. The summed E-state index contributed by atoms with van der Waals surface area (Å²) in [7, 11) is 0. The van der Waals surface area contributed by atoms with Crippen LogP contribution in [0.5, 0.6) is 0 Å². The van der Waals surface area contributed by atoms with Crippen molar-refractivity contribution in [3.63, 3.8) is 0 Å². The van der Waals surface area contributed by atoms with Crippen LogP contribution in [-0.4, -0.2) is 35.6 Å². The molecular formula is C30H21ClFN7O3. The first-order valence-corrected chi connectivity index (χ1v) is 13.2. The number of benzene rings is 4. The highest BCUT2D eigenvalue weighted by atomic mass is 35.5. The SMILES string of the molecule is N#Cc1cc(Cn2c(Nc3cc4cn(CCO)nc4cc3Cl)nc(=O)n(-c3cccc4ccccc34)c2=O)ccc1F. The molecule has 0 amide bonds. The smallest absolute Gasteiger partial charge is 0.359 e. The molecular weight excluding hydrogens is 561 g/mol. The number of rotatable bonds is 7. The Bertz CT molecular complexity index is 2160. The van der Waals surface area contributed by atoms with Crippen molar-refractivity contribution in [3.05, 3.63) is 122 Å². The first-order valence-electron chi connectivity index (χ1n) is 12.8. The van der Waals surface area contributed by atoms with Crippen molar-refractivity contribution in [1.82, 2.24) is 23.9 Å². The number of fused-ring (bicyclic) bond motifs is 2. The maximum Gasteiger partial charge on any atom is 0.359 e. The van der Waals surface area contributed by atoms with Gasteiger partial charge in [0.1, 0.15) is 11.9 Å². The van der Waals surface area contributed by atoms with E-state index in [1.165, 1.54) is 16.7 Å². The number of hydrogen-bond donors (Lipinski definition) is 2. The van der Waals surface area contributed by atoms with Gasteiger partial charge in [0.15, 0.2) is 0 Å². The lowest BCUT2D eigenvalue weighted by Gasteiger charge is -2.17. The van der Waals surface area contributed by atoms with Crippen LogP contribution in [0.3, 0.4) is 0 Å². The van der Waals surface area contributed by atoms with Crippen LogP contribution in [0.15, 0.2) is 88.6 Å². The quantitative estimate of drug-likeness (QED) is 0.287. The highest BCUT2D eigenvalue weighted by Crippen LogP contribution is 2.30. The van der Waals surface area contributed by atoms with E-state index in [9.17, 15) is 24.3 Å². The van der Waals surface area contributed by atoms with Gasteiger partial charge in [0, 0.05) is 17.0 Å². The molecule has 0 aliphatic carbocycles. The van der Waals surface area contributed by atoms with Crippen LogP contribution < -0.4 is 16.7 Å². The Balaban J connectivity index is 1.53. The van der Waals surface area contributed by atoms with Gasteiger partial charge in [-0.25, -0.2) is 18.5 Å². The van der Waals surface area contributed by atoms with Crippen molar-refractivity contribution in [1.29, 1.82) is 5.26 Å². The van der Waals surface area contributed by atoms with Crippen molar-refractivity contribution in [2.45, 2.75) is 13.1 Å². The molecule has 2 heterocycles. The summed E-state index contributed by atoms with van der Waals surface area (Å²) in [5, 5.41) is 28.4. The van der Waals surface area contributed by atoms with Crippen molar-refractivity contribution in [2.24, 2.45) is 0 Å². The number of anilines is 2. The van der Waals surface area contributed by atoms with Crippen LogP contribution in [0.4, 0.5) is 16.0 Å². The van der Waals surface area contributed by atoms with Crippen LogP contribution in [0.25, 0.3) is 27.4 Å². The maximum absolute atomic E-state index is 14.1. The molecule has 42 heavy (non-hydrogen) atoms. The molecule has 0 aliphatic heterocycles. The van der Waals surface area contributed by atoms with E-state index < -0.39 is 17.2 Å². The molecule has 10 nitrogen and oxygen atoms in total. The molecule has 0 radical (unpaired) electrons. The predicted molar refractivity (Wildman–Crippen MR) is 157 cm³/mol. The fourth-order valence-corrected chi connectivity index (χ4v) is 5.02. The molecule has 0 saturated carbocycles. The van der Waals surface area contributed by atoms with Gasteiger partial charge in [-0.15, -0.1) is 0 Å². The third-order valence-electron chi connectivity index (χ3n) is 6.79. The third-order valence-corrected chi connectivity index (χ3v) is 7.10. The Hall–Kier alpha value is -5.31. The van der Waals surface area contributed by atoms with E-state index in [0.717, 1.165) is 16.0 Å². The molecule has 2 aromatic heterocycles. The number of halogens is 2. The minimum absolute atomic E-state index is 0.0904. The molecule has 0 spiro atoms. The summed E-state index contributed by atoms with van der Waals surface area (Å²) in [6.45, 7) is 0.0697. The average Bonchev–Trinajstić information content (AvgIpc) is 3.37. The van der Waals surface area contributed by atoms with E-state index in [0.29, 0.717) is 39.8 Å². The van der Waals surface area contributed by atoms with E-state index in [1.807, 2.05) is 24.3 Å². The zero-order chi connectivity index (χ0) is 29.4. The maximum atomic E-state index is 14.1. The molecule has 0 atom stereocenters. The summed E-state index contributed by atoms with van der Waals surface area (Å²) >= 11 is 6.54. The van der Waals surface area contributed by atoms with Gasteiger partial charge in [-0.3, -0.25) is 9.25 Å². The van der Waals surface area contributed by atoms with E-state index in [4.69, 9.17) is 11.6 Å². The molecule has 6 rings (SSSR count). The predicted octanol–water partition coefficient (Wildman–Crippen LogP) is 4.35. The first kappa shape index (κ1) is 26.9. The normalized spacial score (nSPS) is 11.2. The van der Waals surface area contributed by atoms with Crippen LogP contribution in [0, 0.1) is 17.1 Å². The van der Waals surface area contributed by atoms with Gasteiger partial charge in [0.25, 0.3) is 0 Å². The molecule has 0 saturated heterocycles. The molecule has 0 aliphatic rings. The lowest BCUT2D eigenvalue weighted by molar-refractivity contribution is 0.270. The summed E-state index contributed by atoms with van der Waals surface area (Å²) in [6, 6.07) is 21.7. The number of nitrogens with one attached hydrogen (secondary N) is 1. The standard InChI is InChI=1S/C30H21ClFN7O3/c31-23-14-25-21(17-37(36-25)10-11-40)13-26(23)34-28-35-29(41)39(27-7-3-5-19-4-1-2-6-22(19)27)30(42)38(28)16-18-8-9-24(32)20(12-18)15-33/h1-9,12-14,17,40H,10-11,16H2,(H,34,35,41). The minimum Gasteiger partial charge on any atom is -0.394 e. The zero-order valence-electron chi connectivity index (χ0n) is 21.8. The molecule has 2 N–H and O–H groups in total. The fourth-order valence-electron chi connectivity index (χ4n) is 4.81. The summed E-state index contributed by atoms with van der Waals surface area (Å²) in [5.41, 5.74) is 0.0280. The Morgan fingerprint density at radius 2 is 1.83 bits per heavy atom. The van der Waals surface area contributed by atoms with Crippen LogP contribution >= 0.6 is 11.6 Å². The molecule has 4 aromatic carbocycles. The second-order valence-corrected chi connectivity index (χ2v) is 9.89. The number of aromatic nitrogens is 5. The number of nitriles is 1. The monoisotopic (exact) mass is 581 g/mol. The van der Waals surface area contributed by atoms with Crippen LogP contribution in [0.2, 0.25) is 5.02 Å². The van der Waals surface area contributed by atoms with Gasteiger partial charge in [0.05, 0.1) is 47.2 Å². The highest BCUT2D eigenvalue weighted by Gasteiger charge is 2.19. The first-order chi connectivity index (χ1) is 20.4. The number of hydrogen-bond acceptors (Lipinski definition) is 7. The molecule has 12 heteroatoms. The summed E-state index contributed by atoms with van der Waals surface area (Å²) in [5.74, 6) is -0.791. The van der Waals surface area contributed by atoms with Gasteiger partial charge in [-0.1, -0.05) is 54.1 Å². The summed E-state index contributed by atoms with van der Waals surface area (Å²) in [4.78, 5) is 31.8. The second-order valence-electron chi connectivity index (χ2n) is 9.48. The number of nitrogens with zero attached hydrogens (tertiary/aromatic N) is 6. The van der Waals surface area contributed by atoms with Gasteiger partial charge >= 0.3 is 11.4 Å². The van der Waals surface area contributed by atoms with Crippen LogP contribution in [0.1, 0.15) is 11.1 Å². The largest absolute Gasteiger partial charge is 0.394 e. The number of aliphatic hydroxyl groups excluding tert-OH is 1. The Morgan fingerprint density at radius 3 is 2.64 bits per heavy atom. The fraction of sp³-hybridized carbons (Fsp3) is 0.100. The van der Waals surface area contributed by atoms with Crippen molar-refractivity contribution in [2.75, 3.05) is 11.9 Å². The summed E-state index contributed by atoms with van der Waals surface area (Å²) in [6.07, 6.45) is 1.73. The molecule has 0 fully saturated rings. The minimum atomic E-state index is -0.820. The Kier molecular flexibility index (Phi) is 7.00. The third kappa shape index (κ3) is 4.89. The Morgan fingerprint density at radius 1 is 1.02 bits per heavy atom. The molecule has 0 bridgehead atoms. The lowest BCUT2D eigenvalue weighted by Crippen LogP contribution is -2.41. The number of aliphatic hydroxyl groups is 1. The van der Waals surface area contributed by atoms with Gasteiger partial charge in [-0.2, -0.15) is 15.3 Å². The van der Waals surface area contributed by atoms with Gasteiger partial charge in [-0.05, 0) is 41.3 Å². The van der Waals surface area contributed by atoms with E-state index >= 15 is 0 Å². The highest BCUT2D eigenvalue weighted by molar-refractivity contribution is 6.34. The van der Waals surface area contributed by atoms with Crippen molar-refractivity contribution >= 4 is 44.9 Å². The zero-order valence-corrected chi connectivity index (χ0v) is 22.6. The Labute approximate surface area is 242 Å². The van der Waals surface area contributed by atoms with Crippen molar-refractivity contribution in [3.8, 4) is 11.8 Å². The van der Waals surface area contributed by atoms with Gasteiger partial charge in [0.2, 0.25) is 5.95 Å². The summed E-state index contributed by atoms with van der Waals surface area (Å²) < 4.78 is 17.8. The van der Waals surface area contributed by atoms with Gasteiger partial charge < -0.3 is 10.4 Å². The van der Waals surface area contributed by atoms with Crippen LogP contribution in [-0.2, 0) is 13.1 Å². The topological polar surface area (TPSA) is 131 Å².